The van der Waals surface area contributed by atoms with Gasteiger partial charge in [0, 0.05) is 19.5 Å². The molecule has 0 aliphatic carbocycles. The van der Waals surface area contributed by atoms with E-state index in [1.807, 2.05) is 21.6 Å². The summed E-state index contributed by atoms with van der Waals surface area (Å²) >= 11 is 0. The van der Waals surface area contributed by atoms with E-state index in [4.69, 9.17) is 4.74 Å². The number of carbonyl (C=O) groups is 1. The van der Waals surface area contributed by atoms with Gasteiger partial charge in [-0.05, 0) is 49.4 Å². The molecule has 3 heterocycles. The molecular formula is C19H24N4O2. The van der Waals surface area contributed by atoms with Crippen LogP contribution in [0.25, 0.3) is 0 Å². The number of rotatable bonds is 2. The van der Waals surface area contributed by atoms with Gasteiger partial charge in [-0.3, -0.25) is 4.79 Å². The Labute approximate surface area is 147 Å². The van der Waals surface area contributed by atoms with E-state index in [0.717, 1.165) is 49.4 Å². The predicted molar refractivity (Wildman–Crippen MR) is 93.7 cm³/mol. The van der Waals surface area contributed by atoms with Crippen LogP contribution in [-0.2, 0) is 19.4 Å². The van der Waals surface area contributed by atoms with Gasteiger partial charge < -0.3 is 14.2 Å². The number of hydrogen-bond donors (Lipinski definition) is 0. The summed E-state index contributed by atoms with van der Waals surface area (Å²) < 4.78 is 7.39. The van der Waals surface area contributed by atoms with Crippen LogP contribution in [0.3, 0.4) is 0 Å². The van der Waals surface area contributed by atoms with E-state index >= 15 is 0 Å². The molecule has 1 aromatic heterocycles. The molecule has 2 aliphatic heterocycles. The lowest BCUT2D eigenvalue weighted by atomic mass is 9.93. The van der Waals surface area contributed by atoms with Gasteiger partial charge >= 0.3 is 0 Å². The van der Waals surface area contributed by atoms with E-state index in [0.29, 0.717) is 12.4 Å². The molecule has 0 saturated carbocycles. The zero-order valence-electron chi connectivity index (χ0n) is 14.9. The van der Waals surface area contributed by atoms with Gasteiger partial charge in [0.05, 0.1) is 13.2 Å². The van der Waals surface area contributed by atoms with E-state index < -0.39 is 0 Å². The number of hydrogen-bond acceptors (Lipinski definition) is 4. The number of nitrogens with zero attached hydrogens (tertiary/aromatic N) is 4. The van der Waals surface area contributed by atoms with Gasteiger partial charge in [0.15, 0.2) is 0 Å². The van der Waals surface area contributed by atoms with Crippen molar-refractivity contribution in [1.29, 1.82) is 0 Å². The van der Waals surface area contributed by atoms with Crippen molar-refractivity contribution in [2.45, 2.75) is 51.6 Å². The third-order valence-electron chi connectivity index (χ3n) is 5.45. The number of fused-ring (bicyclic) bond motifs is 2. The van der Waals surface area contributed by atoms with Crippen molar-refractivity contribution in [2.75, 3.05) is 13.7 Å². The molecule has 0 fully saturated rings. The molecule has 2 aromatic rings. The second-order valence-corrected chi connectivity index (χ2v) is 6.89. The molecular weight excluding hydrogens is 316 g/mol. The van der Waals surface area contributed by atoms with E-state index in [-0.39, 0.29) is 11.9 Å². The minimum atomic E-state index is -0.0124. The maximum atomic E-state index is 13.2. The first-order valence-electron chi connectivity index (χ1n) is 9.09. The van der Waals surface area contributed by atoms with Crippen LogP contribution in [0, 0.1) is 0 Å². The second kappa shape index (κ2) is 6.50. The Balaban J connectivity index is 1.64. The SMILES string of the molecule is COc1ccc2c(c1)[C@H](C)N(C(=O)c1nnc3n1CCCCC3)CC2. The Morgan fingerprint density at radius 1 is 1.16 bits per heavy atom. The van der Waals surface area contributed by atoms with Crippen LogP contribution < -0.4 is 4.74 Å². The normalized spacial score (nSPS) is 19.8. The molecule has 132 valence electrons. The van der Waals surface area contributed by atoms with Gasteiger partial charge in [-0.1, -0.05) is 12.5 Å². The van der Waals surface area contributed by atoms with Gasteiger partial charge in [-0.15, -0.1) is 10.2 Å². The minimum Gasteiger partial charge on any atom is -0.497 e. The summed E-state index contributed by atoms with van der Waals surface area (Å²) in [6.07, 6.45) is 5.16. The third-order valence-corrected chi connectivity index (χ3v) is 5.45. The summed E-state index contributed by atoms with van der Waals surface area (Å²) in [4.78, 5) is 15.1. The lowest BCUT2D eigenvalue weighted by Gasteiger charge is -2.35. The van der Waals surface area contributed by atoms with Crippen LogP contribution in [0.2, 0.25) is 0 Å². The van der Waals surface area contributed by atoms with Gasteiger partial charge in [-0.2, -0.15) is 0 Å². The maximum Gasteiger partial charge on any atom is 0.292 e. The Hall–Kier alpha value is -2.37. The Bertz CT molecular complexity index is 799. The lowest BCUT2D eigenvalue weighted by molar-refractivity contribution is 0.0658. The molecule has 25 heavy (non-hydrogen) atoms. The van der Waals surface area contributed by atoms with E-state index in [2.05, 4.69) is 23.2 Å². The molecule has 0 spiro atoms. The number of aromatic nitrogens is 3. The third kappa shape index (κ3) is 2.79. The minimum absolute atomic E-state index is 0.00470. The number of ether oxygens (including phenoxy) is 1. The van der Waals surface area contributed by atoms with Crippen molar-refractivity contribution in [3.8, 4) is 5.75 Å². The number of methoxy groups -OCH3 is 1. The van der Waals surface area contributed by atoms with Crippen LogP contribution in [0.1, 0.15) is 59.8 Å². The molecule has 0 bridgehead atoms. The molecule has 0 radical (unpaired) electrons. The highest BCUT2D eigenvalue weighted by Gasteiger charge is 2.32. The molecule has 0 N–H and O–H groups in total. The molecule has 6 nitrogen and oxygen atoms in total. The average Bonchev–Trinajstić information content (AvgIpc) is 2.89. The van der Waals surface area contributed by atoms with Crippen LogP contribution in [0.15, 0.2) is 18.2 Å². The van der Waals surface area contributed by atoms with E-state index in [9.17, 15) is 4.79 Å². The Kier molecular flexibility index (Phi) is 4.19. The topological polar surface area (TPSA) is 60.2 Å². The van der Waals surface area contributed by atoms with Gasteiger partial charge in [-0.25, -0.2) is 0 Å². The first kappa shape index (κ1) is 16.1. The molecule has 2 aliphatic rings. The van der Waals surface area contributed by atoms with Crippen molar-refractivity contribution in [2.24, 2.45) is 0 Å². The van der Waals surface area contributed by atoms with Crippen molar-refractivity contribution >= 4 is 5.91 Å². The van der Waals surface area contributed by atoms with Crippen molar-refractivity contribution < 1.29 is 9.53 Å². The van der Waals surface area contributed by atoms with Crippen LogP contribution in [0.5, 0.6) is 5.75 Å². The summed E-state index contributed by atoms with van der Waals surface area (Å²) in [5.41, 5.74) is 2.45. The summed E-state index contributed by atoms with van der Waals surface area (Å²) in [5, 5.41) is 8.51. The van der Waals surface area contributed by atoms with Crippen molar-refractivity contribution in [1.82, 2.24) is 19.7 Å². The van der Waals surface area contributed by atoms with Crippen LogP contribution in [0.4, 0.5) is 0 Å². The molecule has 4 rings (SSSR count). The highest BCUT2D eigenvalue weighted by Crippen LogP contribution is 2.33. The Morgan fingerprint density at radius 3 is 2.88 bits per heavy atom. The largest absolute Gasteiger partial charge is 0.497 e. The van der Waals surface area contributed by atoms with Crippen molar-refractivity contribution in [3.05, 3.63) is 41.0 Å². The monoisotopic (exact) mass is 340 g/mol. The highest BCUT2D eigenvalue weighted by molar-refractivity contribution is 5.91. The lowest BCUT2D eigenvalue weighted by Crippen LogP contribution is -2.40. The predicted octanol–water partition coefficient (Wildman–Crippen LogP) is 2.77. The number of aryl methyl sites for hydroxylation is 1. The summed E-state index contributed by atoms with van der Waals surface area (Å²) in [6, 6.07) is 6.14. The fourth-order valence-electron chi connectivity index (χ4n) is 3.97. The first-order valence-corrected chi connectivity index (χ1v) is 9.09. The molecule has 1 atom stereocenters. The van der Waals surface area contributed by atoms with Gasteiger partial charge in [0.2, 0.25) is 5.82 Å². The summed E-state index contributed by atoms with van der Waals surface area (Å²) in [6.45, 7) is 3.63. The molecule has 6 heteroatoms. The van der Waals surface area contributed by atoms with Crippen LogP contribution in [-0.4, -0.2) is 39.2 Å². The van der Waals surface area contributed by atoms with E-state index in [1.165, 1.54) is 12.0 Å². The standard InChI is InChI=1S/C19H24N4O2/c1-13-16-12-15(25-2)8-7-14(16)9-11-22(13)19(24)18-21-20-17-6-4-3-5-10-23(17)18/h7-8,12-13H,3-6,9-11H2,1-2H3/t13-/m0/s1. The van der Waals surface area contributed by atoms with Crippen molar-refractivity contribution in [3.63, 3.8) is 0 Å². The smallest absolute Gasteiger partial charge is 0.292 e. The van der Waals surface area contributed by atoms with E-state index in [1.54, 1.807) is 7.11 Å². The first-order chi connectivity index (χ1) is 12.2. The quantitative estimate of drug-likeness (QED) is 0.843. The molecule has 1 amide bonds. The summed E-state index contributed by atoms with van der Waals surface area (Å²) in [5.74, 6) is 2.26. The zero-order chi connectivity index (χ0) is 17.4. The summed E-state index contributed by atoms with van der Waals surface area (Å²) in [7, 11) is 1.67. The molecule has 0 saturated heterocycles. The fraction of sp³-hybridized carbons (Fsp3) is 0.526. The molecule has 1 aromatic carbocycles. The number of carbonyl (C=O) groups excluding carboxylic acids is 1. The molecule has 0 unspecified atom stereocenters. The number of benzene rings is 1. The second-order valence-electron chi connectivity index (χ2n) is 6.89. The van der Waals surface area contributed by atoms with Gasteiger partial charge in [0.1, 0.15) is 11.6 Å². The maximum absolute atomic E-state index is 13.2. The van der Waals surface area contributed by atoms with Crippen LogP contribution >= 0.6 is 0 Å². The Morgan fingerprint density at radius 2 is 2.04 bits per heavy atom. The zero-order valence-corrected chi connectivity index (χ0v) is 14.9. The average molecular weight is 340 g/mol. The fourth-order valence-corrected chi connectivity index (χ4v) is 3.97. The number of amides is 1. The highest BCUT2D eigenvalue weighted by atomic mass is 16.5. The van der Waals surface area contributed by atoms with Gasteiger partial charge in [0.25, 0.3) is 5.91 Å².